The Bertz CT molecular complexity index is 668. The maximum atomic E-state index is 13.9. The number of carboxylic acids is 1. The van der Waals surface area contributed by atoms with Crippen molar-refractivity contribution in [2.24, 2.45) is 0 Å². The van der Waals surface area contributed by atoms with E-state index in [1.807, 2.05) is 0 Å². The summed E-state index contributed by atoms with van der Waals surface area (Å²) in [6, 6.07) is 5.08. The maximum absolute atomic E-state index is 13.9. The molecule has 0 fully saturated rings. The third kappa shape index (κ3) is 2.61. The summed E-state index contributed by atoms with van der Waals surface area (Å²) in [6.07, 6.45) is -3.72. The van der Waals surface area contributed by atoms with Gasteiger partial charge in [-0.1, -0.05) is 12.1 Å². The number of nitrogens with zero attached hydrogens (tertiary/aromatic N) is 1. The van der Waals surface area contributed by atoms with Crippen LogP contribution in [0.4, 0.5) is 17.6 Å². The van der Waals surface area contributed by atoms with E-state index in [0.717, 1.165) is 24.4 Å². The maximum Gasteiger partial charge on any atom is 0.419 e. The van der Waals surface area contributed by atoms with Gasteiger partial charge in [-0.3, -0.25) is 0 Å². The van der Waals surface area contributed by atoms with Crippen LogP contribution in [0.15, 0.2) is 36.5 Å². The van der Waals surface area contributed by atoms with Gasteiger partial charge in [0.1, 0.15) is 11.5 Å². The molecule has 0 amide bonds. The average Bonchev–Trinajstić information content (AvgIpc) is 2.37. The average molecular weight is 285 g/mol. The molecule has 1 heterocycles. The van der Waals surface area contributed by atoms with E-state index in [9.17, 15) is 22.4 Å². The fourth-order valence-corrected chi connectivity index (χ4v) is 1.69. The van der Waals surface area contributed by atoms with Crippen LogP contribution < -0.4 is 0 Å². The lowest BCUT2D eigenvalue weighted by atomic mass is 10.0. The minimum absolute atomic E-state index is 0.0148. The smallest absolute Gasteiger partial charge is 0.419 e. The standard InChI is InChI=1S/C13H7F4NO2/c14-11-8(2-1-3-9(11)13(15,16)17)7-4-5-18-10(6-7)12(19)20/h1-6H,(H,19,20). The monoisotopic (exact) mass is 285 g/mol. The number of pyridine rings is 1. The Balaban J connectivity index is 2.59. The number of rotatable bonds is 2. The highest BCUT2D eigenvalue weighted by Crippen LogP contribution is 2.35. The Morgan fingerprint density at radius 3 is 2.50 bits per heavy atom. The lowest BCUT2D eigenvalue weighted by molar-refractivity contribution is -0.139. The predicted molar refractivity (Wildman–Crippen MR) is 61.6 cm³/mol. The van der Waals surface area contributed by atoms with Gasteiger partial charge in [-0.15, -0.1) is 0 Å². The van der Waals surface area contributed by atoms with E-state index in [0.29, 0.717) is 6.07 Å². The fourth-order valence-electron chi connectivity index (χ4n) is 1.69. The highest BCUT2D eigenvalue weighted by Gasteiger charge is 2.34. The normalized spacial score (nSPS) is 11.4. The van der Waals surface area contributed by atoms with Crippen LogP contribution >= 0.6 is 0 Å². The molecule has 0 saturated heterocycles. The van der Waals surface area contributed by atoms with Gasteiger partial charge < -0.3 is 5.11 Å². The van der Waals surface area contributed by atoms with Crippen molar-refractivity contribution in [3.63, 3.8) is 0 Å². The zero-order valence-corrected chi connectivity index (χ0v) is 9.78. The van der Waals surface area contributed by atoms with Crippen LogP contribution in [0.5, 0.6) is 0 Å². The van der Waals surface area contributed by atoms with Gasteiger partial charge in [-0.05, 0) is 23.8 Å². The number of aromatic nitrogens is 1. The molecule has 1 N–H and O–H groups in total. The summed E-state index contributed by atoms with van der Waals surface area (Å²) in [6.45, 7) is 0. The molecule has 104 valence electrons. The van der Waals surface area contributed by atoms with E-state index in [1.165, 1.54) is 6.07 Å². The molecular weight excluding hydrogens is 278 g/mol. The molecule has 0 aliphatic rings. The second-order valence-corrected chi connectivity index (χ2v) is 3.90. The Hall–Kier alpha value is -2.44. The third-order valence-corrected chi connectivity index (χ3v) is 2.59. The molecule has 0 atom stereocenters. The first-order chi connectivity index (χ1) is 9.30. The molecule has 1 aromatic carbocycles. The van der Waals surface area contributed by atoms with Crippen molar-refractivity contribution in [3.05, 3.63) is 53.6 Å². The molecule has 0 unspecified atom stereocenters. The number of benzene rings is 1. The lowest BCUT2D eigenvalue weighted by Gasteiger charge is -2.11. The molecule has 3 nitrogen and oxygen atoms in total. The molecular formula is C13H7F4NO2. The van der Waals surface area contributed by atoms with Crippen LogP contribution in [0, 0.1) is 5.82 Å². The van der Waals surface area contributed by atoms with Crippen molar-refractivity contribution in [2.75, 3.05) is 0 Å². The highest BCUT2D eigenvalue weighted by molar-refractivity contribution is 5.87. The van der Waals surface area contributed by atoms with Crippen LogP contribution in [0.1, 0.15) is 16.1 Å². The number of hydrogen-bond acceptors (Lipinski definition) is 2. The van der Waals surface area contributed by atoms with Crippen LogP contribution in [-0.2, 0) is 6.18 Å². The molecule has 0 bridgehead atoms. The van der Waals surface area contributed by atoms with E-state index in [1.54, 1.807) is 0 Å². The zero-order valence-electron chi connectivity index (χ0n) is 9.78. The number of carboxylic acid groups (broad SMARTS) is 1. The summed E-state index contributed by atoms with van der Waals surface area (Å²) < 4.78 is 51.7. The molecule has 2 rings (SSSR count). The van der Waals surface area contributed by atoms with Crippen LogP contribution in [0.25, 0.3) is 11.1 Å². The molecule has 0 spiro atoms. The first-order valence-corrected chi connectivity index (χ1v) is 5.36. The zero-order chi connectivity index (χ0) is 14.9. The summed E-state index contributed by atoms with van der Waals surface area (Å²) in [5, 5.41) is 8.77. The third-order valence-electron chi connectivity index (χ3n) is 2.59. The second-order valence-electron chi connectivity index (χ2n) is 3.90. The first kappa shape index (κ1) is 14.0. The van der Waals surface area contributed by atoms with Crippen molar-refractivity contribution in [1.82, 2.24) is 4.98 Å². The minimum atomic E-state index is -4.82. The SMILES string of the molecule is O=C(O)c1cc(-c2cccc(C(F)(F)F)c2F)ccn1. The quantitative estimate of drug-likeness (QED) is 0.858. The second kappa shape index (κ2) is 4.92. The first-order valence-electron chi connectivity index (χ1n) is 5.36. The van der Waals surface area contributed by atoms with Gasteiger partial charge in [-0.25, -0.2) is 14.2 Å². The number of aromatic carboxylic acids is 1. The number of halogens is 4. The van der Waals surface area contributed by atoms with E-state index in [4.69, 9.17) is 5.11 Å². The summed E-state index contributed by atoms with van der Waals surface area (Å²) >= 11 is 0. The number of carbonyl (C=O) groups is 1. The molecule has 7 heteroatoms. The molecule has 0 aliphatic heterocycles. The van der Waals surface area contributed by atoms with E-state index < -0.39 is 23.5 Å². The summed E-state index contributed by atoms with van der Waals surface area (Å²) in [4.78, 5) is 14.3. The molecule has 20 heavy (non-hydrogen) atoms. The molecule has 0 aliphatic carbocycles. The Morgan fingerprint density at radius 1 is 1.20 bits per heavy atom. The van der Waals surface area contributed by atoms with Gasteiger partial charge in [0.15, 0.2) is 0 Å². The van der Waals surface area contributed by atoms with Crippen LogP contribution in [-0.4, -0.2) is 16.1 Å². The lowest BCUT2D eigenvalue weighted by Crippen LogP contribution is -2.09. The van der Waals surface area contributed by atoms with E-state index >= 15 is 0 Å². The van der Waals surface area contributed by atoms with Crippen molar-refractivity contribution in [2.45, 2.75) is 6.18 Å². The molecule has 0 saturated carbocycles. The van der Waals surface area contributed by atoms with Crippen LogP contribution in [0.2, 0.25) is 0 Å². The van der Waals surface area contributed by atoms with Gasteiger partial charge in [-0.2, -0.15) is 13.2 Å². The van der Waals surface area contributed by atoms with Crippen molar-refractivity contribution in [3.8, 4) is 11.1 Å². The fraction of sp³-hybridized carbons (Fsp3) is 0.0769. The molecule has 2 aromatic rings. The van der Waals surface area contributed by atoms with Crippen molar-refractivity contribution < 1.29 is 27.5 Å². The Labute approximate surface area is 110 Å². The van der Waals surface area contributed by atoms with E-state index in [-0.39, 0.29) is 16.8 Å². The largest absolute Gasteiger partial charge is 0.477 e. The van der Waals surface area contributed by atoms with Crippen molar-refractivity contribution >= 4 is 5.97 Å². The summed E-state index contributed by atoms with van der Waals surface area (Å²) in [5.41, 5.74) is -2.09. The van der Waals surface area contributed by atoms with Gasteiger partial charge in [0.2, 0.25) is 0 Å². The number of alkyl halides is 3. The van der Waals surface area contributed by atoms with Crippen molar-refractivity contribution in [1.29, 1.82) is 0 Å². The molecule has 1 aromatic heterocycles. The summed E-state index contributed by atoms with van der Waals surface area (Å²) in [7, 11) is 0. The van der Waals surface area contributed by atoms with Gasteiger partial charge in [0.05, 0.1) is 5.56 Å². The Morgan fingerprint density at radius 2 is 1.90 bits per heavy atom. The van der Waals surface area contributed by atoms with Gasteiger partial charge in [0.25, 0.3) is 0 Å². The van der Waals surface area contributed by atoms with Crippen LogP contribution in [0.3, 0.4) is 0 Å². The molecule has 0 radical (unpaired) electrons. The Kier molecular flexibility index (Phi) is 3.44. The minimum Gasteiger partial charge on any atom is -0.477 e. The highest BCUT2D eigenvalue weighted by atomic mass is 19.4. The van der Waals surface area contributed by atoms with E-state index in [2.05, 4.69) is 4.98 Å². The predicted octanol–water partition coefficient (Wildman–Crippen LogP) is 3.60. The topological polar surface area (TPSA) is 50.2 Å². The summed E-state index contributed by atoms with van der Waals surface area (Å²) in [5.74, 6) is -2.79. The van der Waals surface area contributed by atoms with Gasteiger partial charge in [0, 0.05) is 11.8 Å². The number of hydrogen-bond donors (Lipinski definition) is 1. The van der Waals surface area contributed by atoms with Gasteiger partial charge >= 0.3 is 12.1 Å².